The molecule has 0 rings (SSSR count). The van der Waals surface area contributed by atoms with Crippen LogP contribution in [-0.2, 0) is 0 Å². The lowest BCUT2D eigenvalue weighted by Gasteiger charge is -2.30. The summed E-state index contributed by atoms with van der Waals surface area (Å²) in [4.78, 5) is 0. The lowest BCUT2D eigenvalue weighted by atomic mass is 10.2. The van der Waals surface area contributed by atoms with E-state index in [1.54, 1.807) is 0 Å². The van der Waals surface area contributed by atoms with E-state index in [0.29, 0.717) is 0 Å². The Morgan fingerprint density at radius 3 is 1.20 bits per heavy atom. The van der Waals surface area contributed by atoms with E-state index in [9.17, 15) is 0 Å². The molecular weight excluding hydrogens is 412 g/mol. The first-order valence-corrected chi connectivity index (χ1v) is 12.7. The average molecular weight is 459 g/mol. The molecule has 0 amide bonds. The third kappa shape index (κ3) is 19.7. The summed E-state index contributed by atoms with van der Waals surface area (Å²) in [6.45, 7) is 9.87. The van der Waals surface area contributed by atoms with Crippen LogP contribution < -0.4 is 17.0 Å². The summed E-state index contributed by atoms with van der Waals surface area (Å²) in [5, 5.41) is 0. The monoisotopic (exact) mass is 457 g/mol. The van der Waals surface area contributed by atoms with E-state index < -0.39 is 0 Å². The van der Waals surface area contributed by atoms with Gasteiger partial charge in [0.2, 0.25) is 0 Å². The van der Waals surface area contributed by atoms with Crippen molar-refractivity contribution in [1.29, 1.82) is 0 Å². The number of hydrogen-bond acceptors (Lipinski definition) is 2. The SMILES string of the molecule is CCCCCC[N+](C)(C)CCSSCC[N+](C)(C)CCCCCC.[Br-]. The predicted molar refractivity (Wildman–Crippen MR) is 117 cm³/mol. The molecule has 0 fully saturated rings. The summed E-state index contributed by atoms with van der Waals surface area (Å²) in [7, 11) is 13.8. The van der Waals surface area contributed by atoms with Gasteiger partial charge in [-0.15, -0.1) is 0 Å². The maximum atomic E-state index is 2.40. The lowest BCUT2D eigenvalue weighted by Crippen LogP contribution is -3.00. The van der Waals surface area contributed by atoms with Gasteiger partial charge in [0, 0.05) is 0 Å². The zero-order valence-electron chi connectivity index (χ0n) is 18.0. The van der Waals surface area contributed by atoms with Gasteiger partial charge in [0.15, 0.2) is 0 Å². The number of halogens is 1. The second kappa shape index (κ2) is 17.2. The molecule has 154 valence electrons. The molecule has 0 aliphatic heterocycles. The van der Waals surface area contributed by atoms with Gasteiger partial charge in [-0.1, -0.05) is 61.1 Å². The molecule has 0 aliphatic carbocycles. The van der Waals surface area contributed by atoms with Crippen LogP contribution in [0.1, 0.15) is 65.2 Å². The van der Waals surface area contributed by atoms with E-state index in [0.717, 1.165) is 0 Å². The molecule has 0 radical (unpaired) electrons. The molecule has 0 atom stereocenters. The van der Waals surface area contributed by atoms with Crippen LogP contribution in [0.2, 0.25) is 0 Å². The first kappa shape index (κ1) is 28.3. The Balaban J connectivity index is 0. The second-order valence-corrected chi connectivity index (χ2v) is 11.2. The third-order valence-electron chi connectivity index (χ3n) is 4.88. The molecule has 0 bridgehead atoms. The van der Waals surface area contributed by atoms with Crippen LogP contribution >= 0.6 is 21.6 Å². The van der Waals surface area contributed by atoms with Gasteiger partial charge in [-0.3, -0.25) is 0 Å². The Kier molecular flexibility index (Phi) is 19.5. The third-order valence-corrected chi connectivity index (χ3v) is 7.24. The maximum absolute atomic E-state index is 2.40. The molecule has 0 saturated heterocycles. The molecule has 0 aliphatic rings. The Hall–Kier alpha value is 1.10. The minimum Gasteiger partial charge on any atom is -1.00 e. The normalized spacial score (nSPS) is 12.2. The van der Waals surface area contributed by atoms with Gasteiger partial charge in [0.05, 0.1) is 65.9 Å². The van der Waals surface area contributed by atoms with E-state index >= 15 is 0 Å². The smallest absolute Gasteiger partial charge is 0.0882 e. The first-order chi connectivity index (χ1) is 11.3. The van der Waals surface area contributed by atoms with Crippen molar-refractivity contribution in [2.45, 2.75) is 65.2 Å². The predicted octanol–water partition coefficient (Wildman–Crippen LogP) is 2.69. The fourth-order valence-corrected chi connectivity index (χ4v) is 5.37. The van der Waals surface area contributed by atoms with Crippen molar-refractivity contribution in [3.8, 4) is 0 Å². The fraction of sp³-hybridized carbons (Fsp3) is 1.00. The van der Waals surface area contributed by atoms with Crippen LogP contribution in [0.5, 0.6) is 0 Å². The molecule has 25 heavy (non-hydrogen) atoms. The van der Waals surface area contributed by atoms with Crippen molar-refractivity contribution in [3.63, 3.8) is 0 Å². The van der Waals surface area contributed by atoms with Crippen LogP contribution in [-0.4, -0.2) is 74.8 Å². The molecule has 0 aromatic carbocycles. The topological polar surface area (TPSA) is 0 Å². The number of rotatable bonds is 17. The van der Waals surface area contributed by atoms with Crippen molar-refractivity contribution < 1.29 is 25.9 Å². The molecule has 0 unspecified atom stereocenters. The first-order valence-electron chi connectivity index (χ1n) is 10.2. The Bertz CT molecular complexity index is 259. The largest absolute Gasteiger partial charge is 1.00 e. The van der Waals surface area contributed by atoms with E-state index in [1.807, 2.05) is 0 Å². The van der Waals surface area contributed by atoms with E-state index in [1.165, 1.54) is 98.0 Å². The van der Waals surface area contributed by atoms with Crippen molar-refractivity contribution in [3.05, 3.63) is 0 Å². The molecule has 0 saturated carbocycles. The highest BCUT2D eigenvalue weighted by Gasteiger charge is 2.16. The van der Waals surface area contributed by atoms with Gasteiger partial charge < -0.3 is 25.9 Å². The summed E-state index contributed by atoms with van der Waals surface area (Å²) in [6.07, 6.45) is 11.1. The van der Waals surface area contributed by atoms with Crippen molar-refractivity contribution in [2.75, 3.05) is 65.9 Å². The Morgan fingerprint density at radius 2 is 0.880 bits per heavy atom. The van der Waals surface area contributed by atoms with Gasteiger partial charge in [0.25, 0.3) is 0 Å². The zero-order chi connectivity index (χ0) is 18.3. The number of quaternary nitrogens is 2. The minimum atomic E-state index is 0. The molecule has 0 aromatic heterocycles. The van der Waals surface area contributed by atoms with E-state index in [4.69, 9.17) is 0 Å². The fourth-order valence-electron chi connectivity index (χ4n) is 2.84. The van der Waals surface area contributed by atoms with Gasteiger partial charge in [-0.05, 0) is 25.7 Å². The minimum absolute atomic E-state index is 0. The van der Waals surface area contributed by atoms with Crippen LogP contribution in [0.3, 0.4) is 0 Å². The zero-order valence-corrected chi connectivity index (χ0v) is 21.2. The second-order valence-electron chi connectivity index (χ2n) is 8.53. The van der Waals surface area contributed by atoms with Gasteiger partial charge in [-0.25, -0.2) is 0 Å². The molecule has 2 nitrogen and oxygen atoms in total. The van der Waals surface area contributed by atoms with Crippen LogP contribution in [0.25, 0.3) is 0 Å². The summed E-state index contributed by atoms with van der Waals surface area (Å²) in [6, 6.07) is 0. The number of nitrogens with zero attached hydrogens (tertiary/aromatic N) is 2. The quantitative estimate of drug-likeness (QED) is 0.187. The van der Waals surface area contributed by atoms with Gasteiger partial charge >= 0.3 is 0 Å². The van der Waals surface area contributed by atoms with Crippen LogP contribution in [0.4, 0.5) is 0 Å². The van der Waals surface area contributed by atoms with Crippen LogP contribution in [0.15, 0.2) is 0 Å². The van der Waals surface area contributed by atoms with Crippen LogP contribution in [0, 0.1) is 0 Å². The molecule has 0 heterocycles. The molecule has 0 aromatic rings. The molecule has 0 N–H and O–H groups in total. The summed E-state index contributed by atoms with van der Waals surface area (Å²) >= 11 is 0. The van der Waals surface area contributed by atoms with Crippen molar-refractivity contribution in [2.24, 2.45) is 0 Å². The Morgan fingerprint density at radius 1 is 0.520 bits per heavy atom. The average Bonchev–Trinajstić information content (AvgIpc) is 2.51. The van der Waals surface area contributed by atoms with Crippen molar-refractivity contribution in [1.82, 2.24) is 0 Å². The van der Waals surface area contributed by atoms with Gasteiger partial charge in [-0.2, -0.15) is 0 Å². The maximum Gasteiger partial charge on any atom is 0.0882 e. The standard InChI is InChI=1S/C20H46N2S2.BrH/c1-7-9-11-13-15-21(3,4)17-19-23-24-20-18-22(5,6)16-14-12-10-8-2;/h7-20H2,1-6H3;1H/q+2;/p-1. The Labute approximate surface area is 178 Å². The summed E-state index contributed by atoms with van der Waals surface area (Å²) in [5.41, 5.74) is 0. The highest BCUT2D eigenvalue weighted by atomic mass is 79.9. The summed E-state index contributed by atoms with van der Waals surface area (Å²) in [5.74, 6) is 2.57. The lowest BCUT2D eigenvalue weighted by molar-refractivity contribution is -0.888. The number of hydrogen-bond donors (Lipinski definition) is 0. The molecular formula is C20H46BrN2S2+. The van der Waals surface area contributed by atoms with E-state index in [-0.39, 0.29) is 17.0 Å². The van der Waals surface area contributed by atoms with E-state index in [2.05, 4.69) is 63.6 Å². The highest BCUT2D eigenvalue weighted by molar-refractivity contribution is 8.76. The summed E-state index contributed by atoms with van der Waals surface area (Å²) < 4.78 is 2.38. The number of unbranched alkanes of at least 4 members (excludes halogenated alkanes) is 6. The van der Waals surface area contributed by atoms with Gasteiger partial charge in [0.1, 0.15) is 0 Å². The highest BCUT2D eigenvalue weighted by Crippen LogP contribution is 2.22. The molecule has 0 spiro atoms. The molecule has 5 heteroatoms. The van der Waals surface area contributed by atoms with Crippen molar-refractivity contribution >= 4 is 21.6 Å².